The summed E-state index contributed by atoms with van der Waals surface area (Å²) in [6.45, 7) is 2.36. The number of amides is 2. The van der Waals surface area contributed by atoms with Crippen LogP contribution < -0.4 is 10.5 Å². The second-order valence-corrected chi connectivity index (χ2v) is 6.18. The predicted octanol–water partition coefficient (Wildman–Crippen LogP) is 2.18. The Hall–Kier alpha value is -1.56. The molecule has 6 heteroatoms. The number of ether oxygens (including phenoxy) is 1. The second-order valence-electron chi connectivity index (χ2n) is 5.33. The van der Waals surface area contributed by atoms with E-state index in [4.69, 9.17) is 10.5 Å². The molecule has 2 N–H and O–H groups in total. The highest BCUT2D eigenvalue weighted by Gasteiger charge is 2.32. The van der Waals surface area contributed by atoms with Crippen molar-refractivity contribution >= 4 is 27.7 Å². The summed E-state index contributed by atoms with van der Waals surface area (Å²) in [7, 11) is 1.56. The Kier molecular flexibility index (Phi) is 4.88. The van der Waals surface area contributed by atoms with Crippen LogP contribution >= 0.6 is 15.9 Å². The molecule has 0 spiro atoms. The van der Waals surface area contributed by atoms with Crippen molar-refractivity contribution in [2.24, 2.45) is 11.7 Å². The van der Waals surface area contributed by atoms with E-state index in [1.54, 1.807) is 30.2 Å². The highest BCUT2D eigenvalue weighted by Crippen LogP contribution is 2.28. The Morgan fingerprint density at radius 1 is 1.38 bits per heavy atom. The molecule has 2 unspecified atom stereocenters. The minimum Gasteiger partial charge on any atom is -0.497 e. The van der Waals surface area contributed by atoms with E-state index in [9.17, 15) is 9.59 Å². The van der Waals surface area contributed by atoms with Crippen LogP contribution in [0.2, 0.25) is 0 Å². The third-order valence-electron chi connectivity index (χ3n) is 3.95. The fraction of sp³-hybridized carbons (Fsp3) is 0.467. The number of benzene rings is 1. The summed E-state index contributed by atoms with van der Waals surface area (Å²) >= 11 is 3.40. The number of carbonyl (C=O) groups excluding carboxylic acids is 2. The number of likely N-dealkylation sites (tertiary alicyclic amines) is 1. The van der Waals surface area contributed by atoms with Crippen LogP contribution in [0.3, 0.4) is 0 Å². The predicted molar refractivity (Wildman–Crippen MR) is 83.1 cm³/mol. The fourth-order valence-electron chi connectivity index (χ4n) is 2.57. The van der Waals surface area contributed by atoms with Gasteiger partial charge in [0.25, 0.3) is 5.91 Å². The van der Waals surface area contributed by atoms with E-state index in [0.29, 0.717) is 22.3 Å². The van der Waals surface area contributed by atoms with Gasteiger partial charge in [0, 0.05) is 17.1 Å². The molecule has 21 heavy (non-hydrogen) atoms. The number of halogens is 1. The van der Waals surface area contributed by atoms with Gasteiger partial charge in [0.1, 0.15) is 5.75 Å². The maximum absolute atomic E-state index is 12.8. The Morgan fingerprint density at radius 2 is 2.10 bits per heavy atom. The van der Waals surface area contributed by atoms with Crippen LogP contribution in [0, 0.1) is 5.92 Å². The summed E-state index contributed by atoms with van der Waals surface area (Å²) in [6, 6.07) is 5.36. The SMILES string of the molecule is COc1ccc(Br)c(C(=O)N2CC(C(N)=O)CCC2C)c1. The summed E-state index contributed by atoms with van der Waals surface area (Å²) < 4.78 is 5.88. The average Bonchev–Trinajstić information content (AvgIpc) is 2.47. The number of piperidine rings is 1. The standard InChI is InChI=1S/C15H19BrN2O3/c1-9-3-4-10(14(17)19)8-18(9)15(20)12-7-11(21-2)5-6-13(12)16/h5-7,9-10H,3-4,8H2,1-2H3,(H2,17,19). The van der Waals surface area contributed by atoms with Crippen LogP contribution in [0.25, 0.3) is 0 Å². The van der Waals surface area contributed by atoms with Crippen LogP contribution in [-0.4, -0.2) is 36.4 Å². The molecular formula is C15H19BrN2O3. The van der Waals surface area contributed by atoms with Crippen molar-refractivity contribution in [1.29, 1.82) is 0 Å². The lowest BCUT2D eigenvalue weighted by Gasteiger charge is -2.37. The number of primary amides is 1. The molecule has 1 aliphatic heterocycles. The molecule has 114 valence electrons. The van der Waals surface area contributed by atoms with Gasteiger partial charge >= 0.3 is 0 Å². The van der Waals surface area contributed by atoms with E-state index in [-0.39, 0.29) is 23.8 Å². The third-order valence-corrected chi connectivity index (χ3v) is 4.64. The van der Waals surface area contributed by atoms with Crippen LogP contribution in [0.15, 0.2) is 22.7 Å². The zero-order valence-corrected chi connectivity index (χ0v) is 13.7. The van der Waals surface area contributed by atoms with Gasteiger partial charge in [0.15, 0.2) is 0 Å². The summed E-state index contributed by atoms with van der Waals surface area (Å²) in [5, 5.41) is 0. The minimum absolute atomic E-state index is 0.0891. The highest BCUT2D eigenvalue weighted by atomic mass is 79.9. The number of rotatable bonds is 3. The monoisotopic (exact) mass is 354 g/mol. The number of methoxy groups -OCH3 is 1. The average molecular weight is 355 g/mol. The van der Waals surface area contributed by atoms with E-state index >= 15 is 0 Å². The molecule has 1 aromatic rings. The third kappa shape index (κ3) is 3.37. The first kappa shape index (κ1) is 15.8. The van der Waals surface area contributed by atoms with Crippen molar-refractivity contribution in [3.8, 4) is 5.75 Å². The van der Waals surface area contributed by atoms with Gasteiger partial charge in [0.2, 0.25) is 5.91 Å². The van der Waals surface area contributed by atoms with Crippen molar-refractivity contribution in [1.82, 2.24) is 4.90 Å². The van der Waals surface area contributed by atoms with Gasteiger partial charge in [-0.05, 0) is 53.9 Å². The molecule has 2 atom stereocenters. The van der Waals surface area contributed by atoms with Gasteiger partial charge in [-0.3, -0.25) is 9.59 Å². The van der Waals surface area contributed by atoms with E-state index in [1.807, 2.05) is 6.92 Å². The first-order valence-electron chi connectivity index (χ1n) is 6.88. The molecule has 0 aliphatic carbocycles. The Morgan fingerprint density at radius 3 is 2.71 bits per heavy atom. The van der Waals surface area contributed by atoms with Crippen LogP contribution in [0.4, 0.5) is 0 Å². The first-order valence-corrected chi connectivity index (χ1v) is 7.67. The smallest absolute Gasteiger partial charge is 0.255 e. The topological polar surface area (TPSA) is 72.6 Å². The highest BCUT2D eigenvalue weighted by molar-refractivity contribution is 9.10. The zero-order valence-electron chi connectivity index (χ0n) is 12.1. The molecule has 1 aromatic carbocycles. The fourth-order valence-corrected chi connectivity index (χ4v) is 2.99. The van der Waals surface area contributed by atoms with Gasteiger partial charge < -0.3 is 15.4 Å². The van der Waals surface area contributed by atoms with Gasteiger partial charge in [-0.2, -0.15) is 0 Å². The van der Waals surface area contributed by atoms with Crippen molar-refractivity contribution in [3.63, 3.8) is 0 Å². The number of hydrogen-bond acceptors (Lipinski definition) is 3. The zero-order chi connectivity index (χ0) is 15.6. The Balaban J connectivity index is 2.27. The van der Waals surface area contributed by atoms with E-state index in [1.165, 1.54) is 0 Å². The molecule has 5 nitrogen and oxygen atoms in total. The normalized spacial score (nSPS) is 22.0. The van der Waals surface area contributed by atoms with E-state index in [0.717, 1.165) is 12.8 Å². The van der Waals surface area contributed by atoms with Gasteiger partial charge in [-0.25, -0.2) is 0 Å². The number of nitrogens with zero attached hydrogens (tertiary/aromatic N) is 1. The van der Waals surface area contributed by atoms with Crippen LogP contribution in [0.1, 0.15) is 30.1 Å². The van der Waals surface area contributed by atoms with Crippen molar-refractivity contribution in [3.05, 3.63) is 28.2 Å². The second kappa shape index (κ2) is 6.47. The lowest BCUT2D eigenvalue weighted by molar-refractivity contribution is -0.123. The molecule has 1 fully saturated rings. The summed E-state index contributed by atoms with van der Waals surface area (Å²) in [5.74, 6) is -0.101. The molecule has 1 saturated heterocycles. The number of carbonyl (C=O) groups is 2. The maximum atomic E-state index is 12.8. The largest absolute Gasteiger partial charge is 0.497 e. The van der Waals surface area contributed by atoms with Crippen molar-refractivity contribution < 1.29 is 14.3 Å². The summed E-state index contributed by atoms with van der Waals surface area (Å²) in [5.41, 5.74) is 5.92. The number of hydrogen-bond donors (Lipinski definition) is 1. The quantitative estimate of drug-likeness (QED) is 0.903. The molecule has 1 heterocycles. The molecular weight excluding hydrogens is 336 g/mol. The molecule has 0 bridgehead atoms. The molecule has 0 aromatic heterocycles. The maximum Gasteiger partial charge on any atom is 0.255 e. The summed E-state index contributed by atoms with van der Waals surface area (Å²) in [4.78, 5) is 25.9. The molecule has 0 saturated carbocycles. The van der Waals surface area contributed by atoms with Crippen molar-refractivity contribution in [2.45, 2.75) is 25.8 Å². The number of nitrogens with two attached hydrogens (primary N) is 1. The first-order chi connectivity index (χ1) is 9.93. The molecule has 1 aliphatic rings. The Labute approximate surface area is 132 Å². The molecule has 2 rings (SSSR count). The van der Waals surface area contributed by atoms with Crippen LogP contribution in [-0.2, 0) is 4.79 Å². The van der Waals surface area contributed by atoms with Crippen molar-refractivity contribution in [2.75, 3.05) is 13.7 Å². The Bertz CT molecular complexity index is 562. The van der Waals surface area contributed by atoms with E-state index < -0.39 is 0 Å². The molecule has 0 radical (unpaired) electrons. The lowest BCUT2D eigenvalue weighted by atomic mass is 9.92. The summed E-state index contributed by atoms with van der Waals surface area (Å²) in [6.07, 6.45) is 1.51. The van der Waals surface area contributed by atoms with E-state index in [2.05, 4.69) is 15.9 Å². The van der Waals surface area contributed by atoms with Gasteiger partial charge in [-0.1, -0.05) is 0 Å². The van der Waals surface area contributed by atoms with Gasteiger partial charge in [0.05, 0.1) is 18.6 Å². The molecule has 2 amide bonds. The van der Waals surface area contributed by atoms with Crippen LogP contribution in [0.5, 0.6) is 5.75 Å². The minimum atomic E-state index is -0.343. The lowest BCUT2D eigenvalue weighted by Crippen LogP contribution is -2.48. The van der Waals surface area contributed by atoms with Gasteiger partial charge in [-0.15, -0.1) is 0 Å².